The van der Waals surface area contributed by atoms with Crippen molar-refractivity contribution in [2.24, 2.45) is 0 Å². The number of amides is 1. The summed E-state index contributed by atoms with van der Waals surface area (Å²) in [5.74, 6) is 0.651. The molecule has 7 heteroatoms. The summed E-state index contributed by atoms with van der Waals surface area (Å²) < 4.78 is 48.7. The highest BCUT2D eigenvalue weighted by atomic mass is 19.4. The maximum atomic E-state index is 12.8. The van der Waals surface area contributed by atoms with Crippen molar-refractivity contribution >= 4 is 12.0 Å². The van der Waals surface area contributed by atoms with Crippen molar-refractivity contribution in [1.29, 1.82) is 0 Å². The highest BCUT2D eigenvalue weighted by Gasteiger charge is 2.30. The Labute approximate surface area is 162 Å². The smallest absolute Gasteiger partial charge is 0.416 e. The van der Waals surface area contributed by atoms with Crippen molar-refractivity contribution in [3.8, 4) is 11.5 Å². The maximum absolute atomic E-state index is 12.8. The van der Waals surface area contributed by atoms with Gasteiger partial charge in [0.1, 0.15) is 0 Å². The van der Waals surface area contributed by atoms with Crippen LogP contribution in [0, 0.1) is 0 Å². The van der Waals surface area contributed by atoms with E-state index in [4.69, 9.17) is 9.47 Å². The molecule has 4 nitrogen and oxygen atoms in total. The number of nitrogens with zero attached hydrogens (tertiary/aromatic N) is 1. The number of ether oxygens (including phenoxy) is 2. The van der Waals surface area contributed by atoms with E-state index in [1.54, 1.807) is 25.3 Å². The number of allylic oxidation sites excluding steroid dienone is 1. The molecule has 150 valence electrons. The Morgan fingerprint density at radius 3 is 2.25 bits per heavy atom. The van der Waals surface area contributed by atoms with Gasteiger partial charge in [-0.05, 0) is 36.8 Å². The summed E-state index contributed by atoms with van der Waals surface area (Å²) in [4.78, 5) is 14.3. The van der Waals surface area contributed by atoms with Gasteiger partial charge in [0, 0.05) is 24.7 Å². The molecule has 0 radical (unpaired) electrons. The van der Waals surface area contributed by atoms with Crippen LogP contribution < -0.4 is 9.47 Å². The summed E-state index contributed by atoms with van der Waals surface area (Å²) in [7, 11) is 4.59. The molecule has 1 amide bonds. The quantitative estimate of drug-likeness (QED) is 0.691. The number of hydrogen-bond donors (Lipinski definition) is 0. The lowest BCUT2D eigenvalue weighted by Crippen LogP contribution is -2.26. The summed E-state index contributed by atoms with van der Waals surface area (Å²) in [5, 5.41) is 0. The van der Waals surface area contributed by atoms with Crippen LogP contribution in [0.1, 0.15) is 34.0 Å². The number of benzene rings is 2. The highest BCUT2D eigenvalue weighted by Crippen LogP contribution is 2.34. The van der Waals surface area contributed by atoms with E-state index in [1.807, 2.05) is 13.0 Å². The van der Waals surface area contributed by atoms with Crippen molar-refractivity contribution < 1.29 is 27.4 Å². The molecular formula is C21H22F3NO3. The summed E-state index contributed by atoms with van der Waals surface area (Å²) in [6, 6.07) is 8.02. The average Bonchev–Trinajstić information content (AvgIpc) is 2.66. The summed E-state index contributed by atoms with van der Waals surface area (Å²) in [5.41, 5.74) is 0.954. The normalized spacial score (nSPS) is 11.5. The monoisotopic (exact) mass is 393 g/mol. The SMILES string of the molecule is C/C=C/c1cc(C(=O)N(C)Cc2ccc(C(F)(F)F)cc2)cc(OC)c1OC. The van der Waals surface area contributed by atoms with Gasteiger partial charge in [-0.2, -0.15) is 13.2 Å². The van der Waals surface area contributed by atoms with E-state index in [-0.39, 0.29) is 12.5 Å². The molecule has 0 unspecified atom stereocenters. The van der Waals surface area contributed by atoms with Gasteiger partial charge in [0.15, 0.2) is 11.5 Å². The van der Waals surface area contributed by atoms with Crippen LogP contribution in [-0.2, 0) is 12.7 Å². The van der Waals surface area contributed by atoms with Crippen LogP contribution in [0.5, 0.6) is 11.5 Å². The van der Waals surface area contributed by atoms with Crippen molar-refractivity contribution in [3.63, 3.8) is 0 Å². The molecule has 0 N–H and O–H groups in total. The molecule has 0 atom stereocenters. The number of hydrogen-bond acceptors (Lipinski definition) is 3. The van der Waals surface area contributed by atoms with Gasteiger partial charge < -0.3 is 14.4 Å². The number of methoxy groups -OCH3 is 2. The lowest BCUT2D eigenvalue weighted by Gasteiger charge is -2.19. The van der Waals surface area contributed by atoms with Crippen LogP contribution in [0.4, 0.5) is 13.2 Å². The van der Waals surface area contributed by atoms with E-state index in [0.29, 0.717) is 28.2 Å². The Morgan fingerprint density at radius 1 is 1.11 bits per heavy atom. The van der Waals surface area contributed by atoms with Crippen LogP contribution in [0.25, 0.3) is 6.08 Å². The van der Waals surface area contributed by atoms with Gasteiger partial charge in [0.25, 0.3) is 5.91 Å². The zero-order valence-corrected chi connectivity index (χ0v) is 16.1. The molecule has 0 saturated carbocycles. The maximum Gasteiger partial charge on any atom is 0.416 e. The first-order valence-corrected chi connectivity index (χ1v) is 8.51. The second-order valence-corrected chi connectivity index (χ2v) is 6.16. The number of carbonyl (C=O) groups excluding carboxylic acids is 1. The first-order chi connectivity index (χ1) is 13.2. The Morgan fingerprint density at radius 2 is 1.75 bits per heavy atom. The van der Waals surface area contributed by atoms with Crippen molar-refractivity contribution in [2.45, 2.75) is 19.6 Å². The first kappa shape index (κ1) is 21.3. The van der Waals surface area contributed by atoms with E-state index < -0.39 is 11.7 Å². The van der Waals surface area contributed by atoms with Gasteiger partial charge in [-0.3, -0.25) is 4.79 Å². The third-order valence-electron chi connectivity index (χ3n) is 4.15. The zero-order valence-electron chi connectivity index (χ0n) is 16.1. The van der Waals surface area contributed by atoms with E-state index in [2.05, 4.69) is 0 Å². The number of alkyl halides is 3. The number of rotatable bonds is 6. The van der Waals surface area contributed by atoms with Crippen molar-refractivity contribution in [1.82, 2.24) is 4.90 Å². The highest BCUT2D eigenvalue weighted by molar-refractivity contribution is 5.95. The minimum Gasteiger partial charge on any atom is -0.493 e. The average molecular weight is 393 g/mol. The topological polar surface area (TPSA) is 38.8 Å². The van der Waals surface area contributed by atoms with Crippen molar-refractivity contribution in [2.75, 3.05) is 21.3 Å². The van der Waals surface area contributed by atoms with Gasteiger partial charge >= 0.3 is 6.18 Å². The molecule has 0 heterocycles. The van der Waals surface area contributed by atoms with E-state index >= 15 is 0 Å². The van der Waals surface area contributed by atoms with Crippen LogP contribution in [-0.4, -0.2) is 32.1 Å². The molecule has 0 saturated heterocycles. The lowest BCUT2D eigenvalue weighted by molar-refractivity contribution is -0.137. The third-order valence-corrected chi connectivity index (χ3v) is 4.15. The number of carbonyl (C=O) groups is 1. The fraction of sp³-hybridized carbons (Fsp3) is 0.286. The van der Waals surface area contributed by atoms with Crippen molar-refractivity contribution in [3.05, 3.63) is 64.7 Å². The molecule has 0 aliphatic carbocycles. The van der Waals surface area contributed by atoms with E-state index in [9.17, 15) is 18.0 Å². The zero-order chi connectivity index (χ0) is 20.9. The Hall–Kier alpha value is -2.96. The Balaban J connectivity index is 2.26. The molecule has 0 aromatic heterocycles. The Kier molecular flexibility index (Phi) is 6.72. The van der Waals surface area contributed by atoms with E-state index in [0.717, 1.165) is 12.1 Å². The molecule has 28 heavy (non-hydrogen) atoms. The summed E-state index contributed by atoms with van der Waals surface area (Å²) in [6.45, 7) is 2.02. The largest absolute Gasteiger partial charge is 0.493 e. The second-order valence-electron chi connectivity index (χ2n) is 6.16. The fourth-order valence-corrected chi connectivity index (χ4v) is 2.79. The molecule has 0 fully saturated rings. The van der Waals surface area contributed by atoms with Crippen LogP contribution in [0.3, 0.4) is 0 Å². The molecule has 0 bridgehead atoms. The molecule has 2 aromatic rings. The number of halogens is 3. The van der Waals surface area contributed by atoms with Crippen LogP contribution in [0.15, 0.2) is 42.5 Å². The van der Waals surface area contributed by atoms with Crippen LogP contribution in [0.2, 0.25) is 0 Å². The van der Waals surface area contributed by atoms with Gasteiger partial charge in [0.05, 0.1) is 19.8 Å². The predicted octanol–water partition coefficient (Wildman–Crippen LogP) is 5.03. The minimum absolute atomic E-state index is 0.171. The Bertz CT molecular complexity index is 858. The molecular weight excluding hydrogens is 371 g/mol. The molecule has 2 rings (SSSR count). The standard InChI is InChI=1S/C21H22F3NO3/c1-5-6-15-11-16(12-18(27-3)19(15)28-4)20(26)25(2)13-14-7-9-17(10-8-14)21(22,23)24/h5-12H,13H2,1-4H3/b6-5+. The molecule has 2 aromatic carbocycles. The predicted molar refractivity (Wildman–Crippen MR) is 101 cm³/mol. The fourth-order valence-electron chi connectivity index (χ4n) is 2.79. The lowest BCUT2D eigenvalue weighted by atomic mass is 10.1. The first-order valence-electron chi connectivity index (χ1n) is 8.51. The minimum atomic E-state index is -4.39. The third kappa shape index (κ3) is 4.85. The van der Waals surface area contributed by atoms with Gasteiger partial charge in [-0.25, -0.2) is 0 Å². The van der Waals surface area contributed by atoms with Gasteiger partial charge in [0.2, 0.25) is 0 Å². The summed E-state index contributed by atoms with van der Waals surface area (Å²) in [6.07, 6.45) is -0.769. The molecule has 0 aliphatic rings. The summed E-state index contributed by atoms with van der Waals surface area (Å²) >= 11 is 0. The second kappa shape index (κ2) is 8.82. The molecule has 0 spiro atoms. The molecule has 0 aliphatic heterocycles. The van der Waals surface area contributed by atoms with Crippen LogP contribution >= 0.6 is 0 Å². The van der Waals surface area contributed by atoms with Gasteiger partial charge in [-0.15, -0.1) is 0 Å². The van der Waals surface area contributed by atoms with Gasteiger partial charge in [-0.1, -0.05) is 24.3 Å². The van der Waals surface area contributed by atoms with E-state index in [1.165, 1.54) is 31.3 Å².